The van der Waals surface area contributed by atoms with Gasteiger partial charge < -0.3 is 10.2 Å². The van der Waals surface area contributed by atoms with Crippen LogP contribution in [-0.4, -0.2) is 29.7 Å². The summed E-state index contributed by atoms with van der Waals surface area (Å²) in [7, 11) is 2.09. The van der Waals surface area contributed by atoms with Gasteiger partial charge in [0.1, 0.15) is 4.83 Å². The Balaban J connectivity index is 1.50. The van der Waals surface area contributed by atoms with E-state index in [2.05, 4.69) is 34.4 Å². The van der Waals surface area contributed by atoms with E-state index in [0.717, 1.165) is 42.7 Å². The topological polar surface area (TPSA) is 50.2 Å². The average Bonchev–Trinajstić information content (AvgIpc) is 3.03. The molecule has 0 saturated carbocycles. The first-order valence-electron chi connectivity index (χ1n) is 8.70. The summed E-state index contributed by atoms with van der Waals surface area (Å²) in [6.07, 6.45) is 3.54. The third-order valence-electron chi connectivity index (χ3n) is 4.79. The van der Waals surface area contributed by atoms with Crippen LogP contribution in [0.1, 0.15) is 16.9 Å². The van der Waals surface area contributed by atoms with Gasteiger partial charge in [0.25, 0.3) is 5.56 Å². The van der Waals surface area contributed by atoms with Crippen LogP contribution in [-0.2, 0) is 19.5 Å². The molecule has 0 unspecified atom stereocenters. The normalized spacial score (nSPS) is 13.8. The number of fused-ring (bicyclic) bond motifs is 3. The van der Waals surface area contributed by atoms with Gasteiger partial charge in [0.15, 0.2) is 0 Å². The summed E-state index contributed by atoms with van der Waals surface area (Å²) in [5.74, 6) is 0. The molecule has 3 aromatic rings. The highest BCUT2D eigenvalue weighted by atomic mass is 32.1. The van der Waals surface area contributed by atoms with E-state index in [1.165, 1.54) is 16.1 Å². The van der Waals surface area contributed by atoms with Crippen molar-refractivity contribution in [2.45, 2.75) is 25.9 Å². The fraction of sp³-hybridized carbons (Fsp3) is 0.368. The molecule has 0 atom stereocenters. The molecule has 4 rings (SSSR count). The summed E-state index contributed by atoms with van der Waals surface area (Å²) in [6.45, 7) is 3.40. The first-order chi connectivity index (χ1) is 12.2. The van der Waals surface area contributed by atoms with Gasteiger partial charge in [0.2, 0.25) is 0 Å². The molecule has 0 fully saturated rings. The SMILES string of the molecule is CN(CCCn1cnc2sc3c(c2c1=O)CCNC3)c1ccccc1. The van der Waals surface area contributed by atoms with Crippen molar-refractivity contribution >= 4 is 27.2 Å². The van der Waals surface area contributed by atoms with Gasteiger partial charge in [-0.25, -0.2) is 4.98 Å². The maximum Gasteiger partial charge on any atom is 0.262 e. The average molecular weight is 354 g/mol. The Kier molecular flexibility index (Phi) is 4.55. The summed E-state index contributed by atoms with van der Waals surface area (Å²) in [4.78, 5) is 21.8. The second-order valence-electron chi connectivity index (χ2n) is 6.46. The van der Waals surface area contributed by atoms with Crippen LogP contribution in [0.15, 0.2) is 41.5 Å². The molecule has 1 aliphatic heterocycles. The lowest BCUT2D eigenvalue weighted by Crippen LogP contribution is -2.26. The van der Waals surface area contributed by atoms with Crippen molar-refractivity contribution in [1.29, 1.82) is 0 Å². The summed E-state index contributed by atoms with van der Waals surface area (Å²) >= 11 is 1.65. The van der Waals surface area contributed by atoms with Gasteiger partial charge in [0.05, 0.1) is 11.7 Å². The third-order valence-corrected chi connectivity index (χ3v) is 5.93. The van der Waals surface area contributed by atoms with Crippen LogP contribution in [0.4, 0.5) is 5.69 Å². The van der Waals surface area contributed by atoms with Crippen molar-refractivity contribution < 1.29 is 0 Å². The molecule has 0 spiro atoms. The minimum atomic E-state index is 0.117. The minimum absolute atomic E-state index is 0.117. The highest BCUT2D eigenvalue weighted by Crippen LogP contribution is 2.29. The van der Waals surface area contributed by atoms with Crippen molar-refractivity contribution in [2.75, 3.05) is 25.0 Å². The number of rotatable bonds is 5. The van der Waals surface area contributed by atoms with Crippen LogP contribution in [0.25, 0.3) is 10.2 Å². The maximum atomic E-state index is 12.9. The number of hydrogen-bond acceptors (Lipinski definition) is 5. The Hall–Kier alpha value is -2.18. The number of aryl methyl sites for hydroxylation is 1. The highest BCUT2D eigenvalue weighted by molar-refractivity contribution is 7.18. The number of nitrogens with zero attached hydrogens (tertiary/aromatic N) is 3. The molecule has 130 valence electrons. The first kappa shape index (κ1) is 16.3. The van der Waals surface area contributed by atoms with E-state index in [4.69, 9.17) is 0 Å². The molecular formula is C19H22N4OS. The molecule has 0 saturated heterocycles. The summed E-state index contributed by atoms with van der Waals surface area (Å²) in [6, 6.07) is 10.3. The fourth-order valence-corrected chi connectivity index (χ4v) is 4.55. The molecule has 1 aliphatic rings. The van der Waals surface area contributed by atoms with E-state index in [1.54, 1.807) is 22.2 Å². The van der Waals surface area contributed by atoms with Gasteiger partial charge >= 0.3 is 0 Å². The van der Waals surface area contributed by atoms with Gasteiger partial charge in [-0.05, 0) is 37.1 Å². The molecule has 1 N–H and O–H groups in total. The minimum Gasteiger partial charge on any atom is -0.375 e. The highest BCUT2D eigenvalue weighted by Gasteiger charge is 2.19. The van der Waals surface area contributed by atoms with E-state index < -0.39 is 0 Å². The lowest BCUT2D eigenvalue weighted by Gasteiger charge is -2.19. The zero-order valence-corrected chi connectivity index (χ0v) is 15.2. The van der Waals surface area contributed by atoms with Crippen molar-refractivity contribution in [3.05, 3.63) is 57.5 Å². The predicted molar refractivity (Wildman–Crippen MR) is 104 cm³/mol. The molecule has 1 aromatic carbocycles. The molecule has 25 heavy (non-hydrogen) atoms. The van der Waals surface area contributed by atoms with Crippen LogP contribution >= 0.6 is 11.3 Å². The Morgan fingerprint density at radius 3 is 3.00 bits per heavy atom. The Labute approximate surface area is 150 Å². The van der Waals surface area contributed by atoms with E-state index in [1.807, 2.05) is 18.2 Å². The standard InChI is InChI=1S/C19H22N4OS/c1-22(14-6-3-2-4-7-14)10-5-11-23-13-21-18-17(19(23)24)15-8-9-20-12-16(15)25-18/h2-4,6-7,13,20H,5,8-12H2,1H3. The first-order valence-corrected chi connectivity index (χ1v) is 9.52. The van der Waals surface area contributed by atoms with Crippen molar-refractivity contribution in [1.82, 2.24) is 14.9 Å². The smallest absolute Gasteiger partial charge is 0.262 e. The van der Waals surface area contributed by atoms with E-state index >= 15 is 0 Å². The summed E-state index contributed by atoms with van der Waals surface area (Å²) in [5, 5.41) is 4.21. The number of hydrogen-bond donors (Lipinski definition) is 1. The zero-order chi connectivity index (χ0) is 17.2. The Bertz CT molecular complexity index is 932. The van der Waals surface area contributed by atoms with Crippen LogP contribution in [0, 0.1) is 0 Å². The number of anilines is 1. The number of aromatic nitrogens is 2. The van der Waals surface area contributed by atoms with Crippen LogP contribution in [0.3, 0.4) is 0 Å². The van der Waals surface area contributed by atoms with E-state index in [0.29, 0.717) is 6.54 Å². The second kappa shape index (κ2) is 6.98. The Morgan fingerprint density at radius 1 is 1.32 bits per heavy atom. The lowest BCUT2D eigenvalue weighted by atomic mass is 10.1. The Morgan fingerprint density at radius 2 is 2.16 bits per heavy atom. The third kappa shape index (κ3) is 3.19. The molecular weight excluding hydrogens is 332 g/mol. The number of thiophene rings is 1. The van der Waals surface area contributed by atoms with Crippen LogP contribution in [0.2, 0.25) is 0 Å². The molecule has 0 aliphatic carbocycles. The van der Waals surface area contributed by atoms with Crippen molar-refractivity contribution in [3.8, 4) is 0 Å². The predicted octanol–water partition coefficient (Wildman–Crippen LogP) is 2.63. The summed E-state index contributed by atoms with van der Waals surface area (Å²) in [5.41, 5.74) is 2.53. The van der Waals surface area contributed by atoms with Crippen LogP contribution < -0.4 is 15.8 Å². The molecule has 0 bridgehead atoms. The largest absolute Gasteiger partial charge is 0.375 e. The molecule has 3 heterocycles. The molecule has 0 radical (unpaired) electrons. The quantitative estimate of drug-likeness (QED) is 0.765. The van der Waals surface area contributed by atoms with Gasteiger partial charge in [-0.2, -0.15) is 0 Å². The lowest BCUT2D eigenvalue weighted by molar-refractivity contribution is 0.614. The van der Waals surface area contributed by atoms with Gasteiger partial charge in [0, 0.05) is 37.2 Å². The van der Waals surface area contributed by atoms with Crippen molar-refractivity contribution in [3.63, 3.8) is 0 Å². The maximum absolute atomic E-state index is 12.9. The zero-order valence-electron chi connectivity index (χ0n) is 14.4. The monoisotopic (exact) mass is 354 g/mol. The second-order valence-corrected chi connectivity index (χ2v) is 7.55. The van der Waals surface area contributed by atoms with Crippen molar-refractivity contribution in [2.24, 2.45) is 0 Å². The van der Waals surface area contributed by atoms with Crippen LogP contribution in [0.5, 0.6) is 0 Å². The van der Waals surface area contributed by atoms with E-state index in [9.17, 15) is 4.79 Å². The van der Waals surface area contributed by atoms with Gasteiger partial charge in [-0.15, -0.1) is 11.3 Å². The number of para-hydroxylation sites is 1. The number of nitrogens with one attached hydrogen (secondary N) is 1. The van der Waals surface area contributed by atoms with Gasteiger partial charge in [-0.1, -0.05) is 18.2 Å². The molecule has 5 nitrogen and oxygen atoms in total. The van der Waals surface area contributed by atoms with Gasteiger partial charge in [-0.3, -0.25) is 9.36 Å². The molecule has 2 aromatic heterocycles. The summed E-state index contributed by atoms with van der Waals surface area (Å²) < 4.78 is 1.77. The molecule has 0 amide bonds. The molecule has 6 heteroatoms. The fourth-order valence-electron chi connectivity index (χ4n) is 3.40. The number of benzene rings is 1. The van der Waals surface area contributed by atoms with E-state index in [-0.39, 0.29) is 5.56 Å².